The number of nitrogens with zero attached hydrogens (tertiary/aromatic N) is 3. The zero-order valence-corrected chi connectivity index (χ0v) is 14.3. The molecule has 4 atom stereocenters. The van der Waals surface area contributed by atoms with Crippen molar-refractivity contribution in [2.45, 2.75) is 6.42 Å². The Morgan fingerprint density at radius 1 is 1.12 bits per heavy atom. The predicted molar refractivity (Wildman–Crippen MR) is 81.6 cm³/mol. The van der Waals surface area contributed by atoms with Crippen LogP contribution in [0.3, 0.4) is 0 Å². The molecular formula is C14H20BF4N3O3. The highest BCUT2D eigenvalue weighted by Crippen LogP contribution is 2.52. The lowest BCUT2D eigenvalue weighted by Crippen LogP contribution is -2.42. The molecule has 2 fully saturated rings. The van der Waals surface area contributed by atoms with Crippen molar-refractivity contribution >= 4 is 25.1 Å². The number of rotatable bonds is 1. The van der Waals surface area contributed by atoms with Gasteiger partial charge in [-0.1, -0.05) is 17.2 Å². The largest absolute Gasteiger partial charge is 0.673 e. The van der Waals surface area contributed by atoms with E-state index in [1.54, 1.807) is 9.48 Å². The van der Waals surface area contributed by atoms with Crippen molar-refractivity contribution in [1.29, 1.82) is 0 Å². The molecule has 2 bridgehead atoms. The first kappa shape index (κ1) is 19.3. The minimum absolute atomic E-state index is 0.196. The summed E-state index contributed by atoms with van der Waals surface area (Å²) in [5.74, 6) is -0.420. The Morgan fingerprint density at radius 3 is 1.84 bits per heavy atom. The highest BCUT2D eigenvalue weighted by atomic mass is 19.5. The first-order valence-corrected chi connectivity index (χ1v) is 7.74. The zero-order valence-electron chi connectivity index (χ0n) is 14.3. The summed E-state index contributed by atoms with van der Waals surface area (Å²) in [5.41, 5.74) is 0. The number of hydroxylamine groups is 2. The van der Waals surface area contributed by atoms with Crippen molar-refractivity contribution in [2.24, 2.45) is 23.7 Å². The number of halogens is 4. The molecule has 140 valence electrons. The minimum atomic E-state index is -6.00. The zero-order chi connectivity index (χ0) is 19.1. The van der Waals surface area contributed by atoms with Crippen LogP contribution in [0.15, 0.2) is 12.2 Å². The van der Waals surface area contributed by atoms with E-state index in [1.807, 2.05) is 28.2 Å². The molecule has 0 radical (unpaired) electrons. The molecule has 0 aromatic rings. The molecule has 2 amide bonds. The molecule has 2 unspecified atom stereocenters. The number of fused-ring (bicyclic) bond motifs is 5. The highest BCUT2D eigenvalue weighted by Gasteiger charge is 2.61. The number of carbonyl (C=O) groups is 2. The predicted octanol–water partition coefficient (Wildman–Crippen LogP) is 1.21. The van der Waals surface area contributed by atoms with E-state index < -0.39 is 7.25 Å². The first-order chi connectivity index (χ1) is 11.4. The molecule has 6 nitrogen and oxygen atoms in total. The van der Waals surface area contributed by atoms with Crippen molar-refractivity contribution in [3.05, 3.63) is 12.2 Å². The summed E-state index contributed by atoms with van der Waals surface area (Å²) in [6.07, 6.45) is 5.07. The number of hydrogen-bond acceptors (Lipinski definition) is 3. The molecule has 0 N–H and O–H groups in total. The maximum atomic E-state index is 12.5. The molecule has 0 aromatic carbocycles. The van der Waals surface area contributed by atoms with Gasteiger partial charge in [0, 0.05) is 0 Å². The van der Waals surface area contributed by atoms with E-state index in [9.17, 15) is 26.9 Å². The van der Waals surface area contributed by atoms with Crippen LogP contribution in [0.4, 0.5) is 17.3 Å². The summed E-state index contributed by atoms with van der Waals surface area (Å²) in [6, 6.07) is 0.465. The lowest BCUT2D eigenvalue weighted by Gasteiger charge is -2.18. The van der Waals surface area contributed by atoms with Gasteiger partial charge in [0.2, 0.25) is 0 Å². The SMILES string of the molecule is CN(C)C(ON1C(=O)C2C(C1=O)[C@H]1C=C[C@H]2C1)=[N+](C)C.F[B-](F)(F)F. The smallest absolute Gasteiger partial charge is 0.418 e. The van der Waals surface area contributed by atoms with Crippen LogP contribution in [0, 0.1) is 23.7 Å². The Bertz CT molecular complexity index is 595. The van der Waals surface area contributed by atoms with Crippen molar-refractivity contribution in [2.75, 3.05) is 28.2 Å². The van der Waals surface area contributed by atoms with Gasteiger partial charge in [0.25, 0.3) is 11.8 Å². The molecule has 3 rings (SSSR count). The van der Waals surface area contributed by atoms with Crippen LogP contribution < -0.4 is 0 Å². The second kappa shape index (κ2) is 6.68. The maximum absolute atomic E-state index is 12.5. The molecule has 2 aliphatic carbocycles. The van der Waals surface area contributed by atoms with E-state index in [-0.39, 0.29) is 35.5 Å². The Kier molecular flexibility index (Phi) is 5.15. The Morgan fingerprint density at radius 2 is 1.52 bits per heavy atom. The monoisotopic (exact) mass is 365 g/mol. The van der Waals surface area contributed by atoms with E-state index in [0.29, 0.717) is 6.02 Å². The normalized spacial score (nSPS) is 29.4. The molecule has 0 aromatic heterocycles. The topological polar surface area (TPSA) is 52.9 Å². The summed E-state index contributed by atoms with van der Waals surface area (Å²) in [7, 11) is 1.25. The van der Waals surface area contributed by atoms with Crippen molar-refractivity contribution in [3.8, 4) is 0 Å². The van der Waals surface area contributed by atoms with Crippen LogP contribution in [0.25, 0.3) is 0 Å². The summed E-state index contributed by atoms with van der Waals surface area (Å²) in [4.78, 5) is 32.3. The van der Waals surface area contributed by atoms with Gasteiger partial charge in [-0.15, -0.1) is 0 Å². The summed E-state index contributed by atoms with van der Waals surface area (Å²) in [5, 5.41) is 0.969. The van der Waals surface area contributed by atoms with Crippen LogP contribution in [0.5, 0.6) is 0 Å². The molecule has 3 aliphatic rings. The first-order valence-electron chi connectivity index (χ1n) is 7.74. The summed E-state index contributed by atoms with van der Waals surface area (Å²) in [6.45, 7) is 0. The standard InChI is InChI=1S/C14H20N3O3.BF4/c1-15(2)14(16(3)4)20-17-12(18)10-8-5-6-9(7-8)11(10)13(17)19;2-1(3,4)5/h5-6,8-11H,7H2,1-4H3;/q+1;-1/t8-,9-,10?,11?;/m0./s1. The van der Waals surface area contributed by atoms with E-state index >= 15 is 0 Å². The van der Waals surface area contributed by atoms with Gasteiger partial charge in [-0.2, -0.15) is 0 Å². The van der Waals surface area contributed by atoms with E-state index in [2.05, 4.69) is 12.2 Å². The highest BCUT2D eigenvalue weighted by molar-refractivity contribution is 6.50. The third kappa shape index (κ3) is 3.96. The number of allylic oxidation sites excluding steroid dienone is 2. The number of imide groups is 1. The number of carbonyl (C=O) groups excluding carboxylic acids is 2. The van der Waals surface area contributed by atoms with E-state index in [4.69, 9.17) is 4.84 Å². The maximum Gasteiger partial charge on any atom is 0.673 e. The molecule has 0 spiro atoms. The van der Waals surface area contributed by atoms with Gasteiger partial charge in [-0.3, -0.25) is 14.4 Å². The van der Waals surface area contributed by atoms with E-state index in [0.717, 1.165) is 11.5 Å². The van der Waals surface area contributed by atoms with Gasteiger partial charge < -0.3 is 17.3 Å². The quantitative estimate of drug-likeness (QED) is 0.133. The van der Waals surface area contributed by atoms with Gasteiger partial charge in [-0.25, -0.2) is 9.48 Å². The second-order valence-electron chi connectivity index (χ2n) is 6.63. The molecule has 1 heterocycles. The van der Waals surface area contributed by atoms with Crippen molar-refractivity contribution in [3.63, 3.8) is 0 Å². The molecular weight excluding hydrogens is 345 g/mol. The van der Waals surface area contributed by atoms with Crippen LogP contribution >= 0.6 is 0 Å². The summed E-state index contributed by atoms with van der Waals surface area (Å²) < 4.78 is 40.7. The average molecular weight is 365 g/mol. The second-order valence-corrected chi connectivity index (χ2v) is 6.63. The molecule has 1 saturated carbocycles. The Labute approximate surface area is 142 Å². The Balaban J connectivity index is 0.000000399. The molecule has 11 heteroatoms. The molecule has 1 aliphatic heterocycles. The third-order valence-corrected chi connectivity index (χ3v) is 4.37. The fourth-order valence-electron chi connectivity index (χ4n) is 3.61. The van der Waals surface area contributed by atoms with Crippen molar-refractivity contribution in [1.82, 2.24) is 9.96 Å². The van der Waals surface area contributed by atoms with Gasteiger partial charge >= 0.3 is 13.3 Å². The number of amides is 2. The van der Waals surface area contributed by atoms with Gasteiger partial charge in [0.15, 0.2) is 0 Å². The lowest BCUT2D eigenvalue weighted by atomic mass is 9.85. The van der Waals surface area contributed by atoms with Crippen molar-refractivity contribution < 1.29 is 36.3 Å². The minimum Gasteiger partial charge on any atom is -0.418 e. The lowest BCUT2D eigenvalue weighted by molar-refractivity contribution is -0.484. The molecule has 1 saturated heterocycles. The van der Waals surface area contributed by atoms with Crippen LogP contribution in [-0.4, -0.2) is 67.8 Å². The van der Waals surface area contributed by atoms with Crippen LogP contribution in [0.1, 0.15) is 6.42 Å². The third-order valence-electron chi connectivity index (χ3n) is 4.37. The average Bonchev–Trinajstić information content (AvgIpc) is 3.09. The van der Waals surface area contributed by atoms with Gasteiger partial charge in [0.1, 0.15) is 0 Å². The molecule has 25 heavy (non-hydrogen) atoms. The summed E-state index contributed by atoms with van der Waals surface area (Å²) >= 11 is 0. The van der Waals surface area contributed by atoms with E-state index in [1.165, 1.54) is 0 Å². The number of amidine groups is 1. The fraction of sp³-hybridized carbons (Fsp3) is 0.643. The fourth-order valence-corrected chi connectivity index (χ4v) is 3.61. The van der Waals surface area contributed by atoms with Crippen LogP contribution in [0.2, 0.25) is 0 Å². The van der Waals surface area contributed by atoms with Gasteiger partial charge in [-0.05, 0) is 18.3 Å². The van der Waals surface area contributed by atoms with Crippen LogP contribution in [-0.2, 0) is 14.4 Å². The Hall–Kier alpha value is -2.07. The van der Waals surface area contributed by atoms with Gasteiger partial charge in [0.05, 0.1) is 40.0 Å². The number of hydrogen-bond donors (Lipinski definition) is 0.